The second-order valence-electron chi connectivity index (χ2n) is 6.61. The Balaban J connectivity index is 1.67. The number of carbonyl (C=O) groups is 1. The van der Waals surface area contributed by atoms with Gasteiger partial charge in [0, 0.05) is 26.6 Å². The normalized spacial score (nSPS) is 10.7. The van der Waals surface area contributed by atoms with Gasteiger partial charge in [0.05, 0.1) is 6.42 Å². The highest BCUT2D eigenvalue weighted by molar-refractivity contribution is 7.80. The largest absolute Gasteiger partial charge is 0.508 e. The van der Waals surface area contributed by atoms with Gasteiger partial charge in [-0.1, -0.05) is 48.0 Å². The maximum atomic E-state index is 12.7. The lowest BCUT2D eigenvalue weighted by Gasteiger charge is -2.07. The standard InChI is InChI=1S/C23H17ClN2O3S/c24-17-10-9-15(19(27)13-17)12-20(28)25-23-21(16-7-4-8-18(30)11-16)26-22(29-23)14-5-2-1-3-6-14/h1-11,13,27,30H,12H2,(H,25,28). The van der Waals surface area contributed by atoms with E-state index in [1.807, 2.05) is 54.6 Å². The average molecular weight is 437 g/mol. The van der Waals surface area contributed by atoms with Crippen LogP contribution in [-0.2, 0) is 11.2 Å². The highest BCUT2D eigenvalue weighted by atomic mass is 35.5. The summed E-state index contributed by atoms with van der Waals surface area (Å²) in [5.41, 5.74) is 2.51. The fourth-order valence-corrected chi connectivity index (χ4v) is 3.38. The smallest absolute Gasteiger partial charge is 0.231 e. The van der Waals surface area contributed by atoms with Crippen LogP contribution in [0.4, 0.5) is 5.88 Å². The first kappa shape index (κ1) is 20.1. The molecule has 0 aliphatic carbocycles. The average Bonchev–Trinajstić information content (AvgIpc) is 3.14. The third-order valence-corrected chi connectivity index (χ3v) is 4.93. The molecule has 0 unspecified atom stereocenters. The van der Waals surface area contributed by atoms with Crippen LogP contribution in [0.1, 0.15) is 5.56 Å². The second kappa shape index (κ2) is 8.65. The molecule has 0 saturated heterocycles. The van der Waals surface area contributed by atoms with E-state index in [9.17, 15) is 9.90 Å². The van der Waals surface area contributed by atoms with E-state index in [0.717, 1.165) is 16.0 Å². The number of rotatable bonds is 5. The summed E-state index contributed by atoms with van der Waals surface area (Å²) < 4.78 is 5.90. The minimum absolute atomic E-state index is 0.0387. The van der Waals surface area contributed by atoms with Gasteiger partial charge in [0.2, 0.25) is 17.7 Å². The third kappa shape index (κ3) is 4.50. The number of benzene rings is 3. The summed E-state index contributed by atoms with van der Waals surface area (Å²) in [5, 5.41) is 13.2. The Morgan fingerprint density at radius 1 is 1.03 bits per heavy atom. The number of carbonyl (C=O) groups excluding carboxylic acids is 1. The van der Waals surface area contributed by atoms with E-state index in [0.29, 0.717) is 22.2 Å². The van der Waals surface area contributed by atoms with Gasteiger partial charge in [-0.15, -0.1) is 12.6 Å². The molecule has 1 heterocycles. The number of phenols is 1. The van der Waals surface area contributed by atoms with E-state index in [4.69, 9.17) is 16.0 Å². The molecule has 0 fully saturated rings. The van der Waals surface area contributed by atoms with Crippen LogP contribution < -0.4 is 5.32 Å². The van der Waals surface area contributed by atoms with Gasteiger partial charge in [-0.2, -0.15) is 0 Å². The van der Waals surface area contributed by atoms with Crippen molar-refractivity contribution in [3.8, 4) is 28.5 Å². The van der Waals surface area contributed by atoms with Crippen LogP contribution in [0.25, 0.3) is 22.7 Å². The molecule has 0 atom stereocenters. The van der Waals surface area contributed by atoms with Crippen LogP contribution in [0.2, 0.25) is 5.02 Å². The molecule has 0 radical (unpaired) electrons. The van der Waals surface area contributed by atoms with Crippen LogP contribution in [0, 0.1) is 0 Å². The second-order valence-corrected chi connectivity index (χ2v) is 7.56. The molecule has 0 aliphatic rings. The molecule has 7 heteroatoms. The molecule has 1 aromatic heterocycles. The molecule has 5 nitrogen and oxygen atoms in total. The maximum Gasteiger partial charge on any atom is 0.231 e. The number of anilines is 1. The number of hydrogen-bond donors (Lipinski definition) is 3. The molecule has 3 aromatic carbocycles. The summed E-state index contributed by atoms with van der Waals surface area (Å²) in [5.74, 6) is 0.223. The molecule has 0 saturated carbocycles. The number of aromatic hydroxyl groups is 1. The molecule has 150 valence electrons. The third-order valence-electron chi connectivity index (χ3n) is 4.42. The number of aromatic nitrogens is 1. The van der Waals surface area contributed by atoms with Crippen molar-refractivity contribution < 1.29 is 14.3 Å². The predicted octanol–water partition coefficient (Wildman–Crippen LogP) is 5.84. The first-order valence-corrected chi connectivity index (χ1v) is 9.95. The van der Waals surface area contributed by atoms with Gasteiger partial charge in [0.1, 0.15) is 11.4 Å². The van der Waals surface area contributed by atoms with E-state index in [1.54, 1.807) is 12.1 Å². The molecule has 1 amide bonds. The van der Waals surface area contributed by atoms with Gasteiger partial charge < -0.3 is 9.52 Å². The summed E-state index contributed by atoms with van der Waals surface area (Å²) >= 11 is 10.2. The fraction of sp³-hybridized carbons (Fsp3) is 0.0435. The lowest BCUT2D eigenvalue weighted by molar-refractivity contribution is -0.115. The van der Waals surface area contributed by atoms with Gasteiger partial charge in [-0.3, -0.25) is 10.1 Å². The summed E-state index contributed by atoms with van der Waals surface area (Å²) in [6, 6.07) is 21.5. The van der Waals surface area contributed by atoms with Gasteiger partial charge >= 0.3 is 0 Å². The number of oxazole rings is 1. The monoisotopic (exact) mass is 436 g/mol. The minimum atomic E-state index is -0.355. The van der Waals surface area contributed by atoms with Crippen molar-refractivity contribution >= 4 is 36.0 Å². The van der Waals surface area contributed by atoms with Crippen molar-refractivity contribution in [1.29, 1.82) is 0 Å². The van der Waals surface area contributed by atoms with Crippen molar-refractivity contribution in [1.82, 2.24) is 4.98 Å². The zero-order chi connectivity index (χ0) is 21.1. The molecular weight excluding hydrogens is 420 g/mol. The highest BCUT2D eigenvalue weighted by Gasteiger charge is 2.19. The van der Waals surface area contributed by atoms with Gasteiger partial charge in [-0.25, -0.2) is 4.98 Å². The van der Waals surface area contributed by atoms with E-state index in [-0.39, 0.29) is 24.0 Å². The number of thiol groups is 1. The Bertz CT molecular complexity index is 1210. The van der Waals surface area contributed by atoms with E-state index in [1.165, 1.54) is 6.07 Å². The first-order chi connectivity index (χ1) is 14.5. The van der Waals surface area contributed by atoms with Crippen LogP contribution >= 0.6 is 24.2 Å². The summed E-state index contributed by atoms with van der Waals surface area (Å²) in [4.78, 5) is 18.0. The summed E-state index contributed by atoms with van der Waals surface area (Å²) in [7, 11) is 0. The van der Waals surface area contributed by atoms with Crippen LogP contribution in [0.3, 0.4) is 0 Å². The van der Waals surface area contributed by atoms with E-state index < -0.39 is 0 Å². The predicted molar refractivity (Wildman–Crippen MR) is 120 cm³/mol. The Hall–Kier alpha value is -3.22. The quantitative estimate of drug-likeness (QED) is 0.344. The van der Waals surface area contributed by atoms with Crippen LogP contribution in [0.5, 0.6) is 5.75 Å². The summed E-state index contributed by atoms with van der Waals surface area (Å²) in [6.07, 6.45) is -0.0452. The van der Waals surface area contributed by atoms with Gasteiger partial charge in [0.25, 0.3) is 0 Å². The Labute approximate surface area is 183 Å². The van der Waals surface area contributed by atoms with E-state index >= 15 is 0 Å². The number of nitrogens with one attached hydrogen (secondary N) is 1. The van der Waals surface area contributed by atoms with Gasteiger partial charge in [0.15, 0.2) is 0 Å². The van der Waals surface area contributed by atoms with Gasteiger partial charge in [-0.05, 0) is 36.4 Å². The SMILES string of the molecule is O=C(Cc1ccc(Cl)cc1O)Nc1oc(-c2ccccc2)nc1-c1cccc(S)c1. The Kier molecular flexibility index (Phi) is 5.79. The molecule has 4 rings (SSSR count). The molecule has 0 aliphatic heterocycles. The van der Waals surface area contributed by atoms with Crippen molar-refractivity contribution in [3.05, 3.63) is 83.4 Å². The molecule has 0 bridgehead atoms. The lowest BCUT2D eigenvalue weighted by atomic mass is 10.1. The van der Waals surface area contributed by atoms with E-state index in [2.05, 4.69) is 22.9 Å². The lowest BCUT2D eigenvalue weighted by Crippen LogP contribution is -2.14. The fourth-order valence-electron chi connectivity index (χ4n) is 2.99. The minimum Gasteiger partial charge on any atom is -0.508 e. The number of halogens is 1. The number of amides is 1. The van der Waals surface area contributed by atoms with Crippen LogP contribution in [0.15, 0.2) is 82.1 Å². The van der Waals surface area contributed by atoms with Crippen molar-refractivity contribution in [2.24, 2.45) is 0 Å². The molecule has 30 heavy (non-hydrogen) atoms. The van der Waals surface area contributed by atoms with Crippen LogP contribution in [-0.4, -0.2) is 16.0 Å². The number of phenolic OH excluding ortho intramolecular Hbond substituents is 1. The Morgan fingerprint density at radius 3 is 2.53 bits per heavy atom. The Morgan fingerprint density at radius 2 is 1.80 bits per heavy atom. The molecule has 0 spiro atoms. The molecular formula is C23H17ClN2O3S. The van der Waals surface area contributed by atoms with Crippen molar-refractivity contribution in [3.63, 3.8) is 0 Å². The topological polar surface area (TPSA) is 75.4 Å². The highest BCUT2D eigenvalue weighted by Crippen LogP contribution is 2.34. The molecule has 2 N–H and O–H groups in total. The van der Waals surface area contributed by atoms with Crippen molar-refractivity contribution in [2.75, 3.05) is 5.32 Å². The number of nitrogens with zero attached hydrogens (tertiary/aromatic N) is 1. The first-order valence-electron chi connectivity index (χ1n) is 9.12. The van der Waals surface area contributed by atoms with Crippen molar-refractivity contribution in [2.45, 2.75) is 11.3 Å². The molecule has 4 aromatic rings. The zero-order valence-electron chi connectivity index (χ0n) is 15.7. The number of hydrogen-bond acceptors (Lipinski definition) is 5. The zero-order valence-corrected chi connectivity index (χ0v) is 17.3. The maximum absolute atomic E-state index is 12.7. The summed E-state index contributed by atoms with van der Waals surface area (Å²) in [6.45, 7) is 0.